The highest BCUT2D eigenvalue weighted by atomic mass is 19.4. The Kier molecular flexibility index (Phi) is 6.57. The van der Waals surface area contributed by atoms with E-state index in [-0.39, 0.29) is 18.7 Å². The van der Waals surface area contributed by atoms with Crippen LogP contribution in [0, 0.1) is 0 Å². The Bertz CT molecular complexity index is 959. The maximum Gasteiger partial charge on any atom is 0.416 e. The van der Waals surface area contributed by atoms with E-state index < -0.39 is 11.7 Å². The van der Waals surface area contributed by atoms with Crippen molar-refractivity contribution in [1.29, 1.82) is 0 Å². The van der Waals surface area contributed by atoms with E-state index >= 15 is 0 Å². The summed E-state index contributed by atoms with van der Waals surface area (Å²) in [5.41, 5.74) is 0.949. The third-order valence-corrected chi connectivity index (χ3v) is 5.90. The second-order valence-corrected chi connectivity index (χ2v) is 8.09. The van der Waals surface area contributed by atoms with Crippen LogP contribution in [0.2, 0.25) is 0 Å². The van der Waals surface area contributed by atoms with Gasteiger partial charge in [0.25, 0.3) is 0 Å². The highest BCUT2D eigenvalue weighted by molar-refractivity contribution is 5.81. The van der Waals surface area contributed by atoms with Crippen LogP contribution in [0.15, 0.2) is 42.5 Å². The molecule has 2 aliphatic rings. The van der Waals surface area contributed by atoms with E-state index in [9.17, 15) is 18.0 Å². The van der Waals surface area contributed by atoms with Gasteiger partial charge in [0.1, 0.15) is 0 Å². The van der Waals surface area contributed by atoms with Crippen LogP contribution in [0.25, 0.3) is 0 Å². The van der Waals surface area contributed by atoms with Crippen molar-refractivity contribution in [1.82, 2.24) is 15.1 Å². The summed E-state index contributed by atoms with van der Waals surface area (Å²) in [6.07, 6.45) is -4.34. The van der Waals surface area contributed by atoms with Crippen molar-refractivity contribution in [3.05, 3.63) is 59.2 Å². The number of fused-ring (bicyclic) bond motifs is 1. The number of piperazine rings is 1. The Morgan fingerprint density at radius 2 is 1.78 bits per heavy atom. The standard InChI is InChI=1S/C23H26F3N3O3/c1-16(22(30)27-13-17-5-6-20-21(12-17)32-15-31-20)29-9-7-28(8-10-29)14-18-3-2-4-19(11-18)23(24,25)26/h2-6,11-12,16H,7-10,13-15H2,1H3,(H,27,30)/t16-/m0/s1. The lowest BCUT2D eigenvalue weighted by Gasteiger charge is -2.37. The summed E-state index contributed by atoms with van der Waals surface area (Å²) in [5, 5.41) is 2.96. The third kappa shape index (κ3) is 5.34. The lowest BCUT2D eigenvalue weighted by molar-refractivity contribution is -0.137. The zero-order valence-electron chi connectivity index (χ0n) is 17.8. The first-order valence-electron chi connectivity index (χ1n) is 10.6. The van der Waals surface area contributed by atoms with Crippen molar-refractivity contribution in [3.8, 4) is 11.5 Å². The second kappa shape index (κ2) is 9.38. The number of amides is 1. The van der Waals surface area contributed by atoms with Crippen LogP contribution >= 0.6 is 0 Å². The van der Waals surface area contributed by atoms with E-state index in [1.165, 1.54) is 12.1 Å². The summed E-state index contributed by atoms with van der Waals surface area (Å²) in [5.74, 6) is 1.33. The molecule has 0 bridgehead atoms. The molecular weight excluding hydrogens is 423 g/mol. The summed E-state index contributed by atoms with van der Waals surface area (Å²) in [4.78, 5) is 16.8. The molecule has 1 atom stereocenters. The van der Waals surface area contributed by atoms with Crippen LogP contribution in [-0.4, -0.2) is 54.7 Å². The molecule has 1 amide bonds. The van der Waals surface area contributed by atoms with Crippen LogP contribution < -0.4 is 14.8 Å². The molecule has 2 aromatic rings. The van der Waals surface area contributed by atoms with E-state index in [0.29, 0.717) is 56.3 Å². The maximum atomic E-state index is 12.9. The molecule has 32 heavy (non-hydrogen) atoms. The lowest BCUT2D eigenvalue weighted by atomic mass is 10.1. The molecule has 2 heterocycles. The average Bonchev–Trinajstić information content (AvgIpc) is 3.25. The van der Waals surface area contributed by atoms with Gasteiger partial charge >= 0.3 is 6.18 Å². The predicted molar refractivity (Wildman–Crippen MR) is 112 cm³/mol. The smallest absolute Gasteiger partial charge is 0.416 e. The van der Waals surface area contributed by atoms with Crippen LogP contribution in [-0.2, 0) is 24.1 Å². The topological polar surface area (TPSA) is 54.0 Å². The van der Waals surface area contributed by atoms with Crippen LogP contribution in [0.5, 0.6) is 11.5 Å². The molecule has 2 aromatic carbocycles. The fourth-order valence-corrected chi connectivity index (χ4v) is 3.97. The number of nitrogens with zero attached hydrogens (tertiary/aromatic N) is 2. The van der Waals surface area contributed by atoms with E-state index in [1.807, 2.05) is 25.1 Å². The predicted octanol–water partition coefficient (Wildman–Crippen LogP) is 3.26. The average molecular weight is 449 g/mol. The Morgan fingerprint density at radius 3 is 2.53 bits per heavy atom. The molecule has 1 N–H and O–H groups in total. The number of hydrogen-bond donors (Lipinski definition) is 1. The number of alkyl halides is 3. The molecule has 6 nitrogen and oxygen atoms in total. The number of nitrogens with one attached hydrogen (secondary N) is 1. The minimum Gasteiger partial charge on any atom is -0.454 e. The number of carbonyl (C=O) groups excluding carboxylic acids is 1. The first-order chi connectivity index (χ1) is 15.3. The number of benzene rings is 2. The number of halogens is 3. The first kappa shape index (κ1) is 22.4. The van der Waals surface area contributed by atoms with E-state index in [0.717, 1.165) is 11.6 Å². The normalized spacial score (nSPS) is 17.9. The van der Waals surface area contributed by atoms with Crippen molar-refractivity contribution in [2.45, 2.75) is 32.2 Å². The van der Waals surface area contributed by atoms with Gasteiger partial charge in [-0.2, -0.15) is 13.2 Å². The minimum absolute atomic E-state index is 0.0611. The van der Waals surface area contributed by atoms with Crippen molar-refractivity contribution in [2.75, 3.05) is 33.0 Å². The molecule has 4 rings (SSSR count). The molecule has 1 saturated heterocycles. The van der Waals surface area contributed by atoms with Gasteiger partial charge in [-0.15, -0.1) is 0 Å². The van der Waals surface area contributed by atoms with Gasteiger partial charge < -0.3 is 14.8 Å². The number of carbonyl (C=O) groups is 1. The summed E-state index contributed by atoms with van der Waals surface area (Å²) in [6.45, 7) is 5.68. The van der Waals surface area contributed by atoms with Crippen molar-refractivity contribution in [3.63, 3.8) is 0 Å². The van der Waals surface area contributed by atoms with E-state index in [1.54, 1.807) is 6.07 Å². The molecule has 1 fully saturated rings. The molecule has 0 radical (unpaired) electrons. The van der Waals surface area contributed by atoms with Gasteiger partial charge in [0.2, 0.25) is 12.7 Å². The molecule has 0 saturated carbocycles. The monoisotopic (exact) mass is 449 g/mol. The maximum absolute atomic E-state index is 12.9. The third-order valence-electron chi connectivity index (χ3n) is 5.90. The van der Waals surface area contributed by atoms with Gasteiger partial charge in [-0.05, 0) is 36.2 Å². The van der Waals surface area contributed by atoms with Gasteiger partial charge in [0.05, 0.1) is 11.6 Å². The minimum atomic E-state index is -4.34. The van der Waals surface area contributed by atoms with Gasteiger partial charge in [-0.3, -0.25) is 14.6 Å². The lowest BCUT2D eigenvalue weighted by Crippen LogP contribution is -2.53. The SMILES string of the molecule is C[C@@H](C(=O)NCc1ccc2c(c1)OCO2)N1CCN(Cc2cccc(C(F)(F)F)c2)CC1. The fraction of sp³-hybridized carbons (Fsp3) is 0.435. The molecular formula is C23H26F3N3O3. The van der Waals surface area contributed by atoms with Crippen LogP contribution in [0.4, 0.5) is 13.2 Å². The molecule has 0 unspecified atom stereocenters. The quantitative estimate of drug-likeness (QED) is 0.734. The van der Waals surface area contributed by atoms with E-state index in [4.69, 9.17) is 9.47 Å². The Morgan fingerprint density at radius 1 is 1.03 bits per heavy atom. The molecule has 2 aliphatic heterocycles. The molecule has 172 valence electrons. The zero-order valence-corrected chi connectivity index (χ0v) is 17.8. The summed E-state index contributed by atoms with van der Waals surface area (Å²) in [7, 11) is 0. The van der Waals surface area contributed by atoms with Gasteiger partial charge in [-0.25, -0.2) is 0 Å². The van der Waals surface area contributed by atoms with Crippen molar-refractivity contribution < 1.29 is 27.4 Å². The molecule has 9 heteroatoms. The largest absolute Gasteiger partial charge is 0.454 e. The van der Waals surface area contributed by atoms with Gasteiger partial charge in [0.15, 0.2) is 11.5 Å². The zero-order chi connectivity index (χ0) is 22.7. The van der Waals surface area contributed by atoms with Crippen LogP contribution in [0.3, 0.4) is 0 Å². The Hall–Kier alpha value is -2.78. The second-order valence-electron chi connectivity index (χ2n) is 8.09. The summed E-state index contributed by atoms with van der Waals surface area (Å²) >= 11 is 0. The molecule has 0 spiro atoms. The van der Waals surface area contributed by atoms with Gasteiger partial charge in [-0.1, -0.05) is 24.3 Å². The van der Waals surface area contributed by atoms with Crippen molar-refractivity contribution in [2.24, 2.45) is 0 Å². The van der Waals surface area contributed by atoms with Crippen LogP contribution in [0.1, 0.15) is 23.6 Å². The Balaban J connectivity index is 1.24. The Labute approximate surface area is 184 Å². The molecule has 0 aliphatic carbocycles. The summed E-state index contributed by atoms with van der Waals surface area (Å²) in [6, 6.07) is 10.8. The van der Waals surface area contributed by atoms with Crippen molar-refractivity contribution >= 4 is 5.91 Å². The number of rotatable bonds is 6. The molecule has 0 aromatic heterocycles. The summed E-state index contributed by atoms with van der Waals surface area (Å²) < 4.78 is 49.4. The highest BCUT2D eigenvalue weighted by Crippen LogP contribution is 2.32. The fourth-order valence-electron chi connectivity index (χ4n) is 3.97. The highest BCUT2D eigenvalue weighted by Gasteiger charge is 2.31. The first-order valence-corrected chi connectivity index (χ1v) is 10.6. The van der Waals surface area contributed by atoms with E-state index in [2.05, 4.69) is 15.1 Å². The number of ether oxygens (including phenoxy) is 2. The van der Waals surface area contributed by atoms with Gasteiger partial charge in [0, 0.05) is 39.3 Å². The number of hydrogen-bond acceptors (Lipinski definition) is 5.